The minimum Gasteiger partial charge on any atom is -0.482 e. The van der Waals surface area contributed by atoms with Crippen LogP contribution in [0.25, 0.3) is 5.65 Å². The van der Waals surface area contributed by atoms with Crippen LogP contribution >= 0.6 is 23.2 Å². The summed E-state index contributed by atoms with van der Waals surface area (Å²) in [7, 11) is 0. The third kappa shape index (κ3) is 3.94. The van der Waals surface area contributed by atoms with Crippen molar-refractivity contribution in [2.24, 2.45) is 0 Å². The van der Waals surface area contributed by atoms with Crippen LogP contribution in [-0.2, 0) is 11.3 Å². The molecule has 0 saturated carbocycles. The number of carbonyl (C=O) groups is 1. The van der Waals surface area contributed by atoms with Crippen LogP contribution in [0, 0.1) is 0 Å². The number of aromatic nitrogens is 2. The number of nitrogens with zero attached hydrogens (tertiary/aromatic N) is 2. The summed E-state index contributed by atoms with van der Waals surface area (Å²) in [5.41, 5.74) is 1.61. The first kappa shape index (κ1) is 15.6. The molecule has 1 N–H and O–H groups in total. The van der Waals surface area contributed by atoms with Gasteiger partial charge in [0.05, 0.1) is 17.3 Å². The second kappa shape index (κ2) is 6.89. The Kier molecular flexibility index (Phi) is 4.69. The van der Waals surface area contributed by atoms with Crippen molar-refractivity contribution in [2.75, 3.05) is 6.61 Å². The molecule has 0 aliphatic carbocycles. The number of rotatable bonds is 5. The van der Waals surface area contributed by atoms with Gasteiger partial charge in [0.25, 0.3) is 5.91 Å². The zero-order chi connectivity index (χ0) is 16.2. The fourth-order valence-corrected chi connectivity index (χ4v) is 2.51. The van der Waals surface area contributed by atoms with Crippen LogP contribution < -0.4 is 10.1 Å². The van der Waals surface area contributed by atoms with E-state index in [1.807, 2.05) is 35.0 Å². The summed E-state index contributed by atoms with van der Waals surface area (Å²) < 4.78 is 7.27. The molecular weight excluding hydrogens is 337 g/mol. The Bertz CT molecular complexity index is 815. The van der Waals surface area contributed by atoms with E-state index in [0.717, 1.165) is 11.3 Å². The Morgan fingerprint density at radius 1 is 1.26 bits per heavy atom. The first-order valence-electron chi connectivity index (χ1n) is 6.89. The highest BCUT2D eigenvalue weighted by Crippen LogP contribution is 2.27. The average molecular weight is 350 g/mol. The summed E-state index contributed by atoms with van der Waals surface area (Å²) in [5, 5.41) is 3.63. The summed E-state index contributed by atoms with van der Waals surface area (Å²) in [5.74, 6) is 0.159. The molecule has 118 valence electrons. The van der Waals surface area contributed by atoms with Crippen molar-refractivity contribution in [1.82, 2.24) is 14.7 Å². The molecule has 5 nitrogen and oxygen atoms in total. The maximum atomic E-state index is 11.8. The molecule has 3 rings (SSSR count). The van der Waals surface area contributed by atoms with E-state index in [1.165, 1.54) is 0 Å². The van der Waals surface area contributed by atoms with Gasteiger partial charge in [0.1, 0.15) is 11.4 Å². The lowest BCUT2D eigenvalue weighted by atomic mass is 10.3. The fraction of sp³-hybridized carbons (Fsp3) is 0.125. The van der Waals surface area contributed by atoms with Crippen LogP contribution in [0.5, 0.6) is 5.75 Å². The molecule has 1 amide bonds. The number of hydrogen-bond acceptors (Lipinski definition) is 3. The standard InChI is InChI=1S/C16H13Cl2N3O2/c17-11-4-5-14(13(18)7-11)23-10-16(22)19-8-12-9-21-6-2-1-3-15(21)20-12/h1-7,9H,8,10H2,(H,19,22). The van der Waals surface area contributed by atoms with Gasteiger partial charge in [-0.15, -0.1) is 0 Å². The number of fused-ring (bicyclic) bond motifs is 1. The van der Waals surface area contributed by atoms with E-state index in [4.69, 9.17) is 27.9 Å². The van der Waals surface area contributed by atoms with Gasteiger partial charge in [-0.3, -0.25) is 4.79 Å². The van der Waals surface area contributed by atoms with Crippen LogP contribution in [0.1, 0.15) is 5.69 Å². The summed E-state index contributed by atoms with van der Waals surface area (Å²) in [6.07, 6.45) is 3.77. The Morgan fingerprint density at radius 3 is 2.91 bits per heavy atom. The van der Waals surface area contributed by atoms with Crippen LogP contribution in [0.2, 0.25) is 10.0 Å². The number of carbonyl (C=O) groups excluding carboxylic acids is 1. The molecule has 0 atom stereocenters. The lowest BCUT2D eigenvalue weighted by molar-refractivity contribution is -0.123. The second-order valence-corrected chi connectivity index (χ2v) is 5.68. The average Bonchev–Trinajstić information content (AvgIpc) is 2.95. The van der Waals surface area contributed by atoms with E-state index in [-0.39, 0.29) is 12.5 Å². The van der Waals surface area contributed by atoms with Crippen molar-refractivity contribution in [2.45, 2.75) is 6.54 Å². The largest absolute Gasteiger partial charge is 0.482 e. The molecular formula is C16H13Cl2N3O2. The second-order valence-electron chi connectivity index (χ2n) is 4.84. The number of halogens is 2. The Hall–Kier alpha value is -2.24. The zero-order valence-corrected chi connectivity index (χ0v) is 13.5. The van der Waals surface area contributed by atoms with Gasteiger partial charge in [0.15, 0.2) is 6.61 Å². The van der Waals surface area contributed by atoms with Gasteiger partial charge >= 0.3 is 0 Å². The van der Waals surface area contributed by atoms with Gasteiger partial charge < -0.3 is 14.5 Å². The molecule has 0 unspecified atom stereocenters. The van der Waals surface area contributed by atoms with Crippen molar-refractivity contribution in [3.63, 3.8) is 0 Å². The molecule has 0 aliphatic rings. The summed E-state index contributed by atoms with van der Waals surface area (Å²) in [6, 6.07) is 10.6. The van der Waals surface area contributed by atoms with Crippen LogP contribution in [-0.4, -0.2) is 21.9 Å². The predicted octanol–water partition coefficient (Wildman–Crippen LogP) is 3.34. The summed E-state index contributed by atoms with van der Waals surface area (Å²) in [4.78, 5) is 16.2. The molecule has 0 aliphatic heterocycles. The van der Waals surface area contributed by atoms with E-state index in [1.54, 1.807) is 18.2 Å². The van der Waals surface area contributed by atoms with E-state index < -0.39 is 0 Å². The number of amides is 1. The number of nitrogens with one attached hydrogen (secondary N) is 1. The molecule has 0 bridgehead atoms. The first-order valence-corrected chi connectivity index (χ1v) is 7.64. The number of benzene rings is 1. The lowest BCUT2D eigenvalue weighted by Gasteiger charge is -2.08. The lowest BCUT2D eigenvalue weighted by Crippen LogP contribution is -2.28. The van der Waals surface area contributed by atoms with Crippen molar-refractivity contribution in [3.05, 3.63) is 64.5 Å². The highest BCUT2D eigenvalue weighted by molar-refractivity contribution is 6.35. The Balaban J connectivity index is 1.53. The van der Waals surface area contributed by atoms with Crippen molar-refractivity contribution < 1.29 is 9.53 Å². The topological polar surface area (TPSA) is 55.6 Å². The van der Waals surface area contributed by atoms with E-state index in [0.29, 0.717) is 22.3 Å². The minimum absolute atomic E-state index is 0.130. The monoisotopic (exact) mass is 349 g/mol. The van der Waals surface area contributed by atoms with Crippen LogP contribution in [0.4, 0.5) is 0 Å². The third-order valence-corrected chi connectivity index (χ3v) is 3.66. The van der Waals surface area contributed by atoms with Crippen molar-refractivity contribution in [3.8, 4) is 5.75 Å². The molecule has 1 aromatic carbocycles. The molecule has 0 radical (unpaired) electrons. The van der Waals surface area contributed by atoms with Crippen molar-refractivity contribution >= 4 is 34.8 Å². The zero-order valence-electron chi connectivity index (χ0n) is 12.0. The van der Waals surface area contributed by atoms with Crippen molar-refractivity contribution in [1.29, 1.82) is 0 Å². The van der Waals surface area contributed by atoms with E-state index >= 15 is 0 Å². The maximum Gasteiger partial charge on any atom is 0.258 e. The molecule has 7 heteroatoms. The van der Waals surface area contributed by atoms with Crippen LogP contribution in [0.3, 0.4) is 0 Å². The van der Waals surface area contributed by atoms with Crippen LogP contribution in [0.15, 0.2) is 48.8 Å². The smallest absolute Gasteiger partial charge is 0.258 e. The highest BCUT2D eigenvalue weighted by atomic mass is 35.5. The number of hydrogen-bond donors (Lipinski definition) is 1. The number of imidazole rings is 1. The number of ether oxygens (including phenoxy) is 1. The first-order chi connectivity index (χ1) is 11.1. The molecule has 0 spiro atoms. The van der Waals surface area contributed by atoms with Gasteiger partial charge in [-0.05, 0) is 30.3 Å². The molecule has 23 heavy (non-hydrogen) atoms. The Labute approximate surface area is 142 Å². The quantitative estimate of drug-likeness (QED) is 0.768. The molecule has 2 heterocycles. The van der Waals surface area contributed by atoms with Gasteiger partial charge in [-0.2, -0.15) is 0 Å². The van der Waals surface area contributed by atoms with E-state index in [2.05, 4.69) is 10.3 Å². The summed E-state index contributed by atoms with van der Waals surface area (Å²) >= 11 is 11.8. The molecule has 0 fully saturated rings. The molecule has 3 aromatic rings. The van der Waals surface area contributed by atoms with Gasteiger partial charge in [0.2, 0.25) is 0 Å². The molecule has 2 aromatic heterocycles. The normalized spacial score (nSPS) is 10.7. The maximum absolute atomic E-state index is 11.8. The predicted molar refractivity (Wildman–Crippen MR) is 89.0 cm³/mol. The van der Waals surface area contributed by atoms with Gasteiger partial charge in [-0.25, -0.2) is 4.98 Å². The highest BCUT2D eigenvalue weighted by Gasteiger charge is 2.07. The minimum atomic E-state index is -0.256. The van der Waals surface area contributed by atoms with Gasteiger partial charge in [-0.1, -0.05) is 29.3 Å². The third-order valence-electron chi connectivity index (χ3n) is 3.13. The molecule has 0 saturated heterocycles. The fourth-order valence-electron chi connectivity index (χ4n) is 2.05. The SMILES string of the molecule is O=C(COc1ccc(Cl)cc1Cl)NCc1cn2ccccc2n1. The van der Waals surface area contributed by atoms with Gasteiger partial charge in [0, 0.05) is 17.4 Å². The van der Waals surface area contributed by atoms with E-state index in [9.17, 15) is 4.79 Å². The summed E-state index contributed by atoms with van der Waals surface area (Å²) in [6.45, 7) is 0.201. The Morgan fingerprint density at radius 2 is 2.13 bits per heavy atom. The number of pyridine rings is 1.